The molecule has 1 atom stereocenters. The highest BCUT2D eigenvalue weighted by molar-refractivity contribution is 5.25. The lowest BCUT2D eigenvalue weighted by Crippen LogP contribution is -2.48. The topological polar surface area (TPSA) is 38.0 Å². The maximum atomic E-state index is 13.4. The molecule has 1 aromatic carbocycles. The average molecular weight is 326 g/mol. The molecule has 120 valence electrons. The molecule has 2 nitrogen and oxygen atoms in total. The van der Waals surface area contributed by atoms with Gasteiger partial charge < -0.3 is 0 Å². The average Bonchev–Trinajstić information content (AvgIpc) is 2.30. The van der Waals surface area contributed by atoms with Crippen LogP contribution >= 0.6 is 0 Å². The van der Waals surface area contributed by atoms with Crippen molar-refractivity contribution < 1.29 is 39.5 Å². The Kier molecular flexibility index (Phi) is 4.78. The Morgan fingerprint density at radius 1 is 0.857 bits per heavy atom. The number of hydrogen-bond acceptors (Lipinski definition) is 2. The monoisotopic (exact) mass is 326 g/mol. The van der Waals surface area contributed by atoms with Crippen LogP contribution in [0.4, 0.5) is 39.5 Å². The summed E-state index contributed by atoms with van der Waals surface area (Å²) in [5.41, 5.74) is -0.243. The van der Waals surface area contributed by atoms with Crippen LogP contribution in [0.1, 0.15) is 11.6 Å². The third-order valence-corrected chi connectivity index (χ3v) is 2.62. The maximum Gasteiger partial charge on any atom is 0.402 e. The molecule has 21 heavy (non-hydrogen) atoms. The van der Waals surface area contributed by atoms with E-state index in [0.29, 0.717) is 0 Å². The van der Waals surface area contributed by atoms with Crippen molar-refractivity contribution >= 4 is 0 Å². The molecule has 1 rings (SSSR count). The molecule has 0 spiro atoms. The predicted molar refractivity (Wildman–Crippen MR) is 52.0 cm³/mol. The minimum Gasteiger partial charge on any atom is -0.271 e. The van der Waals surface area contributed by atoms with Crippen LogP contribution in [0.5, 0.6) is 0 Å². The molecule has 0 saturated heterocycles. The van der Waals surface area contributed by atoms with Crippen molar-refractivity contribution in [2.24, 2.45) is 11.8 Å². The smallest absolute Gasteiger partial charge is 0.271 e. The van der Waals surface area contributed by atoms with E-state index in [9.17, 15) is 39.5 Å². The molecule has 0 heterocycles. The van der Waals surface area contributed by atoms with E-state index in [1.165, 1.54) is 0 Å². The highest BCUT2D eigenvalue weighted by atomic mass is 19.4. The second-order valence-corrected chi connectivity index (χ2v) is 3.97. The van der Waals surface area contributed by atoms with Crippen LogP contribution in [0.25, 0.3) is 0 Å². The zero-order chi connectivity index (χ0) is 16.6. The van der Waals surface area contributed by atoms with E-state index in [4.69, 9.17) is 0 Å². The van der Waals surface area contributed by atoms with Gasteiger partial charge in [-0.3, -0.25) is 11.3 Å². The first kappa shape index (κ1) is 17.6. The van der Waals surface area contributed by atoms with Crippen molar-refractivity contribution in [1.29, 1.82) is 0 Å². The lowest BCUT2D eigenvalue weighted by molar-refractivity contribution is -0.293. The minimum atomic E-state index is -5.84. The summed E-state index contributed by atoms with van der Waals surface area (Å²) >= 11 is 0. The summed E-state index contributed by atoms with van der Waals surface area (Å²) in [6, 6.07) is -2.43. The van der Waals surface area contributed by atoms with E-state index in [1.54, 1.807) is 0 Å². The van der Waals surface area contributed by atoms with Crippen LogP contribution in [0, 0.1) is 23.4 Å². The molecule has 3 N–H and O–H groups in total. The second-order valence-electron chi connectivity index (χ2n) is 3.97. The molecule has 0 aromatic heterocycles. The molecule has 0 amide bonds. The fraction of sp³-hybridized carbons (Fsp3) is 0.400. The zero-order valence-corrected chi connectivity index (χ0v) is 9.79. The molecule has 11 heteroatoms. The van der Waals surface area contributed by atoms with Gasteiger partial charge in [-0.1, -0.05) is 6.07 Å². The number of rotatable bonds is 3. The summed E-state index contributed by atoms with van der Waals surface area (Å²) in [5.74, 6) is -5.62. The molecule has 1 unspecified atom stereocenters. The standard InChI is InChI=1S/C10H7F9N2/c11-4-2-1-3(5(12)6(4)13)7(21-20)8(9(14,15)16)10(17,18)19/h1-2,7-8,21H,20H2. The quantitative estimate of drug-likeness (QED) is 0.387. The van der Waals surface area contributed by atoms with Crippen LogP contribution in [-0.2, 0) is 0 Å². The first-order valence-electron chi connectivity index (χ1n) is 5.14. The third-order valence-electron chi connectivity index (χ3n) is 2.62. The highest BCUT2D eigenvalue weighted by Gasteiger charge is 2.61. The van der Waals surface area contributed by atoms with E-state index in [-0.39, 0.29) is 12.1 Å². The van der Waals surface area contributed by atoms with Crippen molar-refractivity contribution in [2.45, 2.75) is 18.4 Å². The molecule has 0 fully saturated rings. The molecule has 1 aromatic rings. The van der Waals surface area contributed by atoms with E-state index in [2.05, 4.69) is 5.84 Å². The van der Waals surface area contributed by atoms with Crippen molar-refractivity contribution in [3.05, 3.63) is 35.1 Å². The fourth-order valence-corrected chi connectivity index (χ4v) is 1.71. The molecule has 0 aliphatic heterocycles. The highest BCUT2D eigenvalue weighted by Crippen LogP contribution is 2.46. The van der Waals surface area contributed by atoms with Crippen LogP contribution in [0.3, 0.4) is 0 Å². The summed E-state index contributed by atoms with van der Waals surface area (Å²) in [6.45, 7) is 0. The van der Waals surface area contributed by atoms with Gasteiger partial charge in [-0.05, 0) is 6.07 Å². The number of benzene rings is 1. The molecular formula is C10H7F9N2. The van der Waals surface area contributed by atoms with Crippen molar-refractivity contribution in [1.82, 2.24) is 5.43 Å². The third kappa shape index (κ3) is 3.59. The molecule has 0 aliphatic rings. The van der Waals surface area contributed by atoms with Gasteiger partial charge in [-0.15, -0.1) is 0 Å². The zero-order valence-electron chi connectivity index (χ0n) is 9.79. The Morgan fingerprint density at radius 2 is 1.33 bits per heavy atom. The predicted octanol–water partition coefficient (Wildman–Crippen LogP) is 3.35. The Morgan fingerprint density at radius 3 is 1.71 bits per heavy atom. The van der Waals surface area contributed by atoms with Gasteiger partial charge in [0.1, 0.15) is 0 Å². The summed E-state index contributed by atoms with van der Waals surface area (Å²) in [6.07, 6.45) is -11.7. The lowest BCUT2D eigenvalue weighted by Gasteiger charge is -2.30. The van der Waals surface area contributed by atoms with Gasteiger partial charge >= 0.3 is 12.4 Å². The molecule has 0 aliphatic carbocycles. The van der Waals surface area contributed by atoms with Crippen molar-refractivity contribution in [3.63, 3.8) is 0 Å². The minimum absolute atomic E-state index is 0.196. The van der Waals surface area contributed by atoms with Crippen LogP contribution < -0.4 is 11.3 Å². The number of alkyl halides is 6. The Balaban J connectivity index is 3.45. The van der Waals surface area contributed by atoms with Crippen molar-refractivity contribution in [2.75, 3.05) is 0 Å². The number of nitrogens with one attached hydrogen (secondary N) is 1. The van der Waals surface area contributed by atoms with Gasteiger partial charge in [0.2, 0.25) is 0 Å². The molecular weight excluding hydrogens is 319 g/mol. The number of nitrogens with two attached hydrogens (primary N) is 1. The van der Waals surface area contributed by atoms with E-state index in [0.717, 1.165) is 5.43 Å². The summed E-state index contributed by atoms with van der Waals surface area (Å²) in [4.78, 5) is 0. The largest absolute Gasteiger partial charge is 0.402 e. The number of hydrogen-bond donors (Lipinski definition) is 2. The van der Waals surface area contributed by atoms with Gasteiger partial charge in [0.15, 0.2) is 23.4 Å². The first-order valence-corrected chi connectivity index (χ1v) is 5.14. The van der Waals surface area contributed by atoms with Crippen LogP contribution in [0.15, 0.2) is 12.1 Å². The fourth-order valence-electron chi connectivity index (χ4n) is 1.71. The van der Waals surface area contributed by atoms with Gasteiger partial charge in [0, 0.05) is 5.56 Å². The Labute approximate surface area is 111 Å². The Hall–Kier alpha value is -1.49. The first-order chi connectivity index (χ1) is 9.41. The van der Waals surface area contributed by atoms with Crippen molar-refractivity contribution in [3.8, 4) is 0 Å². The number of hydrazine groups is 1. The van der Waals surface area contributed by atoms with Gasteiger partial charge in [0.05, 0.1) is 6.04 Å². The van der Waals surface area contributed by atoms with Gasteiger partial charge in [0.25, 0.3) is 0 Å². The number of halogens is 9. The molecule has 0 saturated carbocycles. The van der Waals surface area contributed by atoms with E-state index >= 15 is 0 Å². The van der Waals surface area contributed by atoms with E-state index in [1.807, 2.05) is 0 Å². The summed E-state index contributed by atoms with van der Waals surface area (Å²) in [7, 11) is 0. The van der Waals surface area contributed by atoms with Gasteiger partial charge in [-0.2, -0.15) is 26.3 Å². The Bertz CT molecular complexity index is 494. The molecule has 0 radical (unpaired) electrons. The normalized spacial score (nSPS) is 14.6. The lowest BCUT2D eigenvalue weighted by atomic mass is 9.91. The summed E-state index contributed by atoms with van der Waals surface area (Å²) in [5, 5.41) is 0. The van der Waals surface area contributed by atoms with Crippen LogP contribution in [0.2, 0.25) is 0 Å². The van der Waals surface area contributed by atoms with E-state index < -0.39 is 47.3 Å². The maximum absolute atomic E-state index is 13.4. The SMILES string of the molecule is NNC(c1ccc(F)c(F)c1F)C(C(F)(F)F)C(F)(F)F. The van der Waals surface area contributed by atoms with Gasteiger partial charge in [-0.25, -0.2) is 13.2 Å². The second kappa shape index (κ2) is 5.72. The summed E-state index contributed by atoms with van der Waals surface area (Å²) < 4.78 is 114. The van der Waals surface area contributed by atoms with Crippen LogP contribution in [-0.4, -0.2) is 12.4 Å². The molecule has 0 bridgehead atoms.